The largest absolute Gasteiger partial charge is 0.485 e. The highest BCUT2D eigenvalue weighted by Crippen LogP contribution is 2.44. The lowest BCUT2D eigenvalue weighted by Crippen LogP contribution is -2.66. The third kappa shape index (κ3) is 9.66. The summed E-state index contributed by atoms with van der Waals surface area (Å²) in [5.41, 5.74) is 0.804. The first-order valence-corrected chi connectivity index (χ1v) is 20.4. The molecule has 6 rings (SSSR count). The van der Waals surface area contributed by atoms with Gasteiger partial charge in [0, 0.05) is 37.4 Å². The lowest BCUT2D eigenvalue weighted by molar-refractivity contribution is -0.129. The monoisotopic (exact) mass is 850 g/mol. The van der Waals surface area contributed by atoms with Gasteiger partial charge in [-0.05, 0) is 96.6 Å². The highest BCUT2D eigenvalue weighted by molar-refractivity contribution is 7.14. The zero-order valence-electron chi connectivity index (χ0n) is 32.4. The SMILES string of the molecule is Cc1ccc(F)c(OCCOc2ncc(C3=C(C(=O)N(Cc4cccc(Cl)c4Cl)C4CC4)[C@H]4CN(C(=O)OC(C)(C)C)CC(C3)N4C(=O)OC(C)(C)C)s2)c1Cl. The Bertz CT molecular complexity index is 2030. The van der Waals surface area contributed by atoms with Crippen LogP contribution in [0.25, 0.3) is 5.57 Å². The van der Waals surface area contributed by atoms with Gasteiger partial charge in [-0.3, -0.25) is 9.69 Å². The number of aryl methyl sites for hydroxylation is 1. The van der Waals surface area contributed by atoms with Crippen LogP contribution in [0, 0.1) is 12.7 Å². The Balaban J connectivity index is 1.37. The molecule has 1 aromatic heterocycles. The number of piperazine rings is 1. The van der Waals surface area contributed by atoms with E-state index >= 15 is 4.79 Å². The molecule has 0 radical (unpaired) electrons. The summed E-state index contributed by atoms with van der Waals surface area (Å²) in [6.45, 7) is 12.8. The molecular formula is C40H46Cl3FN4O7S. The molecule has 1 aliphatic carbocycles. The van der Waals surface area contributed by atoms with Crippen LogP contribution in [-0.2, 0) is 20.8 Å². The zero-order valence-corrected chi connectivity index (χ0v) is 35.5. The van der Waals surface area contributed by atoms with Crippen LogP contribution in [0.1, 0.15) is 76.8 Å². The summed E-state index contributed by atoms with van der Waals surface area (Å²) < 4.78 is 37.6. The third-order valence-electron chi connectivity index (χ3n) is 9.34. The van der Waals surface area contributed by atoms with E-state index in [2.05, 4.69) is 4.98 Å². The first-order chi connectivity index (χ1) is 26.3. The van der Waals surface area contributed by atoms with Gasteiger partial charge in [-0.15, -0.1) is 0 Å². The minimum absolute atomic E-state index is 0.000649. The fourth-order valence-electron chi connectivity index (χ4n) is 6.74. The Labute approximate surface area is 345 Å². The van der Waals surface area contributed by atoms with Crippen LogP contribution < -0.4 is 9.47 Å². The average molecular weight is 852 g/mol. The van der Waals surface area contributed by atoms with Gasteiger partial charge in [0.05, 0.1) is 32.0 Å². The highest BCUT2D eigenvalue weighted by Gasteiger charge is 2.51. The van der Waals surface area contributed by atoms with Crippen molar-refractivity contribution in [1.29, 1.82) is 0 Å². The van der Waals surface area contributed by atoms with Gasteiger partial charge in [0.25, 0.3) is 11.1 Å². The van der Waals surface area contributed by atoms with Crippen LogP contribution in [0.2, 0.25) is 15.1 Å². The number of halogens is 4. The Morgan fingerprint density at radius 1 is 0.929 bits per heavy atom. The molecule has 1 saturated carbocycles. The molecule has 11 nitrogen and oxygen atoms in total. The van der Waals surface area contributed by atoms with Crippen molar-refractivity contribution in [3.63, 3.8) is 0 Å². The zero-order chi connectivity index (χ0) is 40.7. The second kappa shape index (κ2) is 16.6. The third-order valence-corrected chi connectivity index (χ3v) is 11.6. The molecule has 16 heteroatoms. The molecule has 2 atom stereocenters. The van der Waals surface area contributed by atoms with E-state index in [1.165, 1.54) is 17.4 Å². The molecule has 0 spiro atoms. The number of benzene rings is 2. The number of nitrogens with zero attached hydrogens (tertiary/aromatic N) is 4. The standard InChI is InChI=1S/C40H46Cl3FN4O7S/c1-22-11-14-28(44)34(32(22)42)52-15-16-53-36-45-18-30(56-36)26-17-25-20-46(37(50)54-39(2,3)4)21-29(48(25)38(51)55-40(5,6)7)31(26)35(49)47(24-12-13-24)19-23-9-8-10-27(41)33(23)43/h8-11,14,18,24-25,29H,12-13,15-17,19-21H2,1-7H3/t25?,29-/m1/s1. The van der Waals surface area contributed by atoms with Crippen molar-refractivity contribution in [2.75, 3.05) is 26.3 Å². The van der Waals surface area contributed by atoms with Gasteiger partial charge in [-0.2, -0.15) is 0 Å². The molecule has 56 heavy (non-hydrogen) atoms. The van der Waals surface area contributed by atoms with E-state index in [0.29, 0.717) is 42.4 Å². The first kappa shape index (κ1) is 41.8. The van der Waals surface area contributed by atoms with Crippen LogP contribution in [0.4, 0.5) is 14.0 Å². The number of amides is 3. The lowest BCUT2D eigenvalue weighted by Gasteiger charge is -2.51. The summed E-state index contributed by atoms with van der Waals surface area (Å²) in [6, 6.07) is 6.65. The van der Waals surface area contributed by atoms with Crippen molar-refractivity contribution in [3.05, 3.63) is 79.0 Å². The van der Waals surface area contributed by atoms with Gasteiger partial charge in [-0.25, -0.2) is 19.0 Å². The molecule has 302 valence electrons. The van der Waals surface area contributed by atoms with Gasteiger partial charge >= 0.3 is 12.2 Å². The van der Waals surface area contributed by atoms with Crippen LogP contribution in [0.15, 0.2) is 42.1 Å². The molecule has 3 heterocycles. The number of carbonyl (C=O) groups is 3. The van der Waals surface area contributed by atoms with Crippen molar-refractivity contribution >= 4 is 69.8 Å². The molecule has 0 N–H and O–H groups in total. The number of thiazole rings is 1. The van der Waals surface area contributed by atoms with Gasteiger partial charge in [0.2, 0.25) is 0 Å². The fraction of sp³-hybridized carbons (Fsp3) is 0.500. The number of rotatable bonds is 10. The fourth-order valence-corrected chi connectivity index (χ4v) is 8.19. The summed E-state index contributed by atoms with van der Waals surface area (Å²) in [5, 5.41) is 1.23. The Kier molecular flexibility index (Phi) is 12.4. The highest BCUT2D eigenvalue weighted by atomic mass is 35.5. The van der Waals surface area contributed by atoms with E-state index in [0.717, 1.165) is 12.8 Å². The van der Waals surface area contributed by atoms with Crippen molar-refractivity contribution in [2.45, 2.75) is 104 Å². The summed E-state index contributed by atoms with van der Waals surface area (Å²) in [5.74, 6) is -0.929. The quantitative estimate of drug-likeness (QED) is 0.186. The molecule has 1 unspecified atom stereocenters. The molecule has 2 aliphatic heterocycles. The number of hydrogen-bond donors (Lipinski definition) is 0. The molecule has 3 aliphatic rings. The van der Waals surface area contributed by atoms with Gasteiger partial charge in [-0.1, -0.05) is 64.3 Å². The topological polar surface area (TPSA) is 111 Å². The number of ether oxygens (including phenoxy) is 4. The van der Waals surface area contributed by atoms with Crippen LogP contribution in [-0.4, -0.2) is 93.4 Å². The van der Waals surface area contributed by atoms with Crippen molar-refractivity contribution in [3.8, 4) is 10.9 Å². The number of hydrogen-bond acceptors (Lipinski definition) is 9. The van der Waals surface area contributed by atoms with E-state index in [-0.39, 0.29) is 62.0 Å². The Hall–Kier alpha value is -3.78. The van der Waals surface area contributed by atoms with Crippen molar-refractivity contribution < 1.29 is 37.7 Å². The van der Waals surface area contributed by atoms with E-state index in [9.17, 15) is 14.0 Å². The molecule has 2 aromatic carbocycles. The summed E-state index contributed by atoms with van der Waals surface area (Å²) in [4.78, 5) is 53.0. The normalized spacial score (nSPS) is 18.5. The average Bonchev–Trinajstić information content (AvgIpc) is 3.84. The minimum atomic E-state index is -0.891. The second-order valence-electron chi connectivity index (χ2n) is 16.1. The Morgan fingerprint density at radius 3 is 2.29 bits per heavy atom. The smallest absolute Gasteiger partial charge is 0.411 e. The van der Waals surface area contributed by atoms with E-state index in [1.54, 1.807) is 87.6 Å². The van der Waals surface area contributed by atoms with Crippen molar-refractivity contribution in [1.82, 2.24) is 19.7 Å². The predicted molar refractivity (Wildman–Crippen MR) is 214 cm³/mol. The van der Waals surface area contributed by atoms with E-state index in [1.807, 2.05) is 6.07 Å². The van der Waals surface area contributed by atoms with E-state index < -0.39 is 41.3 Å². The number of aromatic nitrogens is 1. The van der Waals surface area contributed by atoms with Crippen LogP contribution >= 0.6 is 46.1 Å². The Morgan fingerprint density at radius 2 is 1.61 bits per heavy atom. The molecule has 3 aromatic rings. The molecule has 2 fully saturated rings. The molecule has 2 bridgehead atoms. The van der Waals surface area contributed by atoms with Gasteiger partial charge < -0.3 is 28.7 Å². The predicted octanol–water partition coefficient (Wildman–Crippen LogP) is 9.58. The van der Waals surface area contributed by atoms with Crippen molar-refractivity contribution in [2.24, 2.45) is 0 Å². The second-order valence-corrected chi connectivity index (χ2v) is 18.3. The van der Waals surface area contributed by atoms with Crippen LogP contribution in [0.5, 0.6) is 10.9 Å². The lowest BCUT2D eigenvalue weighted by atomic mass is 9.83. The number of fused-ring (bicyclic) bond motifs is 2. The molecular weight excluding hydrogens is 806 g/mol. The summed E-state index contributed by atoms with van der Waals surface area (Å²) >= 11 is 20.5. The maximum Gasteiger partial charge on any atom is 0.411 e. The maximum absolute atomic E-state index is 15.2. The van der Waals surface area contributed by atoms with Gasteiger partial charge in [0.1, 0.15) is 24.4 Å². The maximum atomic E-state index is 15.2. The minimum Gasteiger partial charge on any atom is -0.485 e. The van der Waals surface area contributed by atoms with Crippen LogP contribution in [0.3, 0.4) is 0 Å². The summed E-state index contributed by atoms with van der Waals surface area (Å²) in [7, 11) is 0. The van der Waals surface area contributed by atoms with Gasteiger partial charge in [0.15, 0.2) is 11.6 Å². The molecule has 1 saturated heterocycles. The first-order valence-electron chi connectivity index (χ1n) is 18.4. The summed E-state index contributed by atoms with van der Waals surface area (Å²) in [6.07, 6.45) is 2.30. The van der Waals surface area contributed by atoms with E-state index in [4.69, 9.17) is 53.8 Å². The number of carbonyl (C=O) groups excluding carboxylic acids is 3. The molecule has 3 amide bonds.